The molecule has 0 unspecified atom stereocenters. The molecule has 9 heteroatoms. The molecule has 0 atom stereocenters. The van der Waals surface area contributed by atoms with Crippen molar-refractivity contribution in [3.8, 4) is 0 Å². The Bertz CT molecular complexity index is 377. The van der Waals surface area contributed by atoms with Crippen LogP contribution in [0.4, 0.5) is 0 Å². The van der Waals surface area contributed by atoms with Gasteiger partial charge in [-0.2, -0.15) is 4.37 Å². The molecule has 1 rings (SSSR count). The lowest BCUT2D eigenvalue weighted by Crippen LogP contribution is -2.16. The maximum atomic E-state index is 5.19. The van der Waals surface area contributed by atoms with E-state index >= 15 is 0 Å². The van der Waals surface area contributed by atoms with Gasteiger partial charge in [0.1, 0.15) is 8.64 Å². The summed E-state index contributed by atoms with van der Waals surface area (Å²) < 4.78 is 6.59. The van der Waals surface area contributed by atoms with Gasteiger partial charge in [-0.3, -0.25) is 0 Å². The summed E-state index contributed by atoms with van der Waals surface area (Å²) in [4.78, 5) is 8.09. The fraction of sp³-hybridized carbons (Fsp3) is 0.500. The second kappa shape index (κ2) is 6.83. The van der Waals surface area contributed by atoms with E-state index < -0.39 is 0 Å². The van der Waals surface area contributed by atoms with E-state index in [2.05, 4.69) is 9.36 Å². The van der Waals surface area contributed by atoms with Crippen LogP contribution in [-0.4, -0.2) is 56.0 Å². The molecule has 1 aromatic rings. The molecule has 4 nitrogen and oxygen atoms in total. The zero-order chi connectivity index (χ0) is 13.0. The average molecular weight is 325 g/mol. The first-order valence-corrected chi connectivity index (χ1v) is 7.74. The van der Waals surface area contributed by atoms with Crippen LogP contribution >= 0.6 is 59.5 Å². The van der Waals surface area contributed by atoms with Crippen LogP contribution in [0.15, 0.2) is 9.50 Å². The van der Waals surface area contributed by atoms with Crippen molar-refractivity contribution in [1.29, 1.82) is 0 Å². The number of nitrogens with zero attached hydrogens (tertiary/aromatic N) is 4. The third-order valence-corrected chi connectivity index (χ3v) is 5.51. The predicted octanol–water partition coefficient (Wildman–Crippen LogP) is 2.42. The quantitative estimate of drug-likeness (QED) is 0.606. The van der Waals surface area contributed by atoms with Crippen LogP contribution in [0.3, 0.4) is 0 Å². The molecule has 0 bridgehead atoms. The SMILES string of the molecule is CN(C)C(=S)Sc1nsc(SC(=S)N(C)C)n1. The molecule has 0 fully saturated rings. The van der Waals surface area contributed by atoms with Gasteiger partial charge in [-0.05, 0) is 35.1 Å². The summed E-state index contributed by atoms with van der Waals surface area (Å²) in [6.45, 7) is 0. The van der Waals surface area contributed by atoms with E-state index in [1.165, 1.54) is 35.1 Å². The summed E-state index contributed by atoms with van der Waals surface area (Å²) in [6, 6.07) is 0. The highest BCUT2D eigenvalue weighted by molar-refractivity contribution is 8.24. The van der Waals surface area contributed by atoms with Crippen molar-refractivity contribution in [1.82, 2.24) is 19.2 Å². The number of hydrogen-bond donors (Lipinski definition) is 0. The van der Waals surface area contributed by atoms with Crippen molar-refractivity contribution in [3.05, 3.63) is 0 Å². The number of rotatable bonds is 2. The van der Waals surface area contributed by atoms with E-state index in [9.17, 15) is 0 Å². The summed E-state index contributed by atoms with van der Waals surface area (Å²) in [6.07, 6.45) is 0. The van der Waals surface area contributed by atoms with Crippen LogP contribution in [0.1, 0.15) is 0 Å². The van der Waals surface area contributed by atoms with Crippen LogP contribution in [-0.2, 0) is 0 Å². The third-order valence-electron chi connectivity index (χ3n) is 1.47. The Balaban J connectivity index is 2.60. The van der Waals surface area contributed by atoms with Gasteiger partial charge in [0.15, 0.2) is 4.34 Å². The third kappa shape index (κ3) is 5.04. The minimum atomic E-state index is 0.678. The second-order valence-electron chi connectivity index (χ2n) is 3.37. The lowest BCUT2D eigenvalue weighted by Gasteiger charge is -2.10. The van der Waals surface area contributed by atoms with E-state index in [1.54, 1.807) is 0 Å². The molecule has 0 aliphatic rings. The lowest BCUT2D eigenvalue weighted by atomic mass is 11.0. The van der Waals surface area contributed by atoms with Gasteiger partial charge in [0, 0.05) is 28.2 Å². The minimum absolute atomic E-state index is 0.678. The molecular formula is C8H12N4S5. The van der Waals surface area contributed by atoms with E-state index in [0.717, 1.165) is 13.0 Å². The normalized spacial score (nSPS) is 10.1. The molecule has 0 amide bonds. The Morgan fingerprint density at radius 1 is 1.06 bits per heavy atom. The molecule has 0 aromatic carbocycles. The van der Waals surface area contributed by atoms with Gasteiger partial charge < -0.3 is 9.80 Å². The number of thiocarbonyl (C=S) groups is 2. The molecule has 0 spiro atoms. The highest BCUT2D eigenvalue weighted by atomic mass is 32.2. The maximum absolute atomic E-state index is 5.19. The van der Waals surface area contributed by atoms with Crippen molar-refractivity contribution in [2.24, 2.45) is 0 Å². The molecule has 0 aliphatic heterocycles. The highest BCUT2D eigenvalue weighted by Gasteiger charge is 2.11. The van der Waals surface area contributed by atoms with Gasteiger partial charge >= 0.3 is 0 Å². The van der Waals surface area contributed by atoms with E-state index in [0.29, 0.717) is 5.16 Å². The molecule has 0 saturated carbocycles. The molecule has 1 aromatic heterocycles. The first-order chi connectivity index (χ1) is 7.90. The van der Waals surface area contributed by atoms with Gasteiger partial charge in [-0.25, -0.2) is 4.98 Å². The standard InChI is InChI=1S/C8H12N4S5/c1-11(2)7(13)15-5-9-6(17-10-5)16-8(14)12(3)4/h1-4H3. The fourth-order valence-corrected chi connectivity index (χ4v) is 3.37. The molecule has 0 saturated heterocycles. The van der Waals surface area contributed by atoms with Crippen molar-refractivity contribution in [3.63, 3.8) is 0 Å². The number of thioether (sulfide) groups is 2. The Morgan fingerprint density at radius 3 is 2.12 bits per heavy atom. The van der Waals surface area contributed by atoms with Gasteiger partial charge in [-0.1, -0.05) is 24.4 Å². The summed E-state index contributed by atoms with van der Waals surface area (Å²) >= 11 is 14.5. The van der Waals surface area contributed by atoms with Gasteiger partial charge in [0.2, 0.25) is 5.16 Å². The Hall–Kier alpha value is 0.0400. The first kappa shape index (κ1) is 15.1. The van der Waals surface area contributed by atoms with E-state index in [1.807, 2.05) is 38.0 Å². The molecule has 0 aliphatic carbocycles. The predicted molar refractivity (Wildman–Crippen MR) is 84.2 cm³/mol. The van der Waals surface area contributed by atoms with Gasteiger partial charge in [-0.15, -0.1) is 0 Å². The topological polar surface area (TPSA) is 32.3 Å². The van der Waals surface area contributed by atoms with E-state index in [-0.39, 0.29) is 0 Å². The largest absolute Gasteiger partial charge is 0.363 e. The molecule has 0 radical (unpaired) electrons. The Labute approximate surface area is 124 Å². The Morgan fingerprint density at radius 2 is 1.59 bits per heavy atom. The van der Waals surface area contributed by atoms with Crippen LogP contribution in [0.25, 0.3) is 0 Å². The molecular weight excluding hydrogens is 312 g/mol. The van der Waals surface area contributed by atoms with Crippen molar-refractivity contribution < 1.29 is 0 Å². The number of aromatic nitrogens is 2. The Kier molecular flexibility index (Phi) is 6.07. The van der Waals surface area contributed by atoms with Crippen LogP contribution in [0.2, 0.25) is 0 Å². The molecule has 17 heavy (non-hydrogen) atoms. The zero-order valence-electron chi connectivity index (χ0n) is 9.83. The summed E-state index contributed by atoms with van der Waals surface area (Å²) in [5, 5.41) is 0.678. The smallest absolute Gasteiger partial charge is 0.208 e. The van der Waals surface area contributed by atoms with Gasteiger partial charge in [0.25, 0.3) is 0 Å². The summed E-state index contributed by atoms with van der Waals surface area (Å²) in [5.41, 5.74) is 0. The van der Waals surface area contributed by atoms with Crippen molar-refractivity contribution in [2.45, 2.75) is 9.50 Å². The van der Waals surface area contributed by atoms with Crippen molar-refractivity contribution in [2.75, 3.05) is 28.2 Å². The summed E-state index contributed by atoms with van der Waals surface area (Å²) in [7, 11) is 7.62. The highest BCUT2D eigenvalue weighted by Crippen LogP contribution is 2.27. The minimum Gasteiger partial charge on any atom is -0.363 e. The molecule has 94 valence electrons. The van der Waals surface area contributed by atoms with Crippen LogP contribution in [0.5, 0.6) is 0 Å². The van der Waals surface area contributed by atoms with Crippen LogP contribution in [0, 0.1) is 0 Å². The maximum Gasteiger partial charge on any atom is 0.208 e. The molecule has 1 heterocycles. The zero-order valence-corrected chi connectivity index (χ0v) is 13.9. The average Bonchev–Trinajstić information content (AvgIpc) is 2.65. The lowest BCUT2D eigenvalue weighted by molar-refractivity contribution is 0.647. The monoisotopic (exact) mass is 324 g/mol. The number of hydrogen-bond acceptors (Lipinski definition) is 7. The molecule has 0 N–H and O–H groups in total. The van der Waals surface area contributed by atoms with Crippen LogP contribution < -0.4 is 0 Å². The van der Waals surface area contributed by atoms with Gasteiger partial charge in [0.05, 0.1) is 0 Å². The van der Waals surface area contributed by atoms with Crippen molar-refractivity contribution >= 4 is 68.1 Å². The first-order valence-electron chi connectivity index (χ1n) is 4.52. The van der Waals surface area contributed by atoms with E-state index in [4.69, 9.17) is 24.4 Å². The fourth-order valence-electron chi connectivity index (χ4n) is 0.615. The second-order valence-corrected chi connectivity index (χ2v) is 7.60. The summed E-state index contributed by atoms with van der Waals surface area (Å²) in [5.74, 6) is 0.